The summed E-state index contributed by atoms with van der Waals surface area (Å²) in [6, 6.07) is 6.32. The maximum atomic E-state index is 12.6. The smallest absolute Gasteiger partial charge is 0.337 e. The molecule has 0 aromatic heterocycles. The summed E-state index contributed by atoms with van der Waals surface area (Å²) in [6.45, 7) is 2.68. The Morgan fingerprint density at radius 1 is 1.33 bits per heavy atom. The number of ether oxygens (including phenoxy) is 1. The van der Waals surface area contributed by atoms with Crippen LogP contribution in [0.25, 0.3) is 0 Å². The number of rotatable bonds is 2. The number of carbonyl (C=O) groups is 3. The van der Waals surface area contributed by atoms with E-state index >= 15 is 0 Å². The minimum absolute atomic E-state index is 0.0551. The van der Waals surface area contributed by atoms with Crippen molar-refractivity contribution in [1.29, 1.82) is 0 Å². The maximum absolute atomic E-state index is 12.6. The Balaban J connectivity index is 2.22. The summed E-state index contributed by atoms with van der Waals surface area (Å²) in [4.78, 5) is 37.1. The Kier molecular flexibility index (Phi) is 4.57. The molecule has 1 aliphatic heterocycles. The molecule has 0 saturated carbocycles. The van der Waals surface area contributed by atoms with Crippen molar-refractivity contribution in [2.45, 2.75) is 19.4 Å². The Morgan fingerprint density at radius 2 is 2.05 bits per heavy atom. The summed E-state index contributed by atoms with van der Waals surface area (Å²) in [7, 11) is 1.30. The van der Waals surface area contributed by atoms with E-state index < -0.39 is 5.97 Å². The van der Waals surface area contributed by atoms with Crippen LogP contribution in [0.2, 0.25) is 0 Å². The van der Waals surface area contributed by atoms with Crippen LogP contribution >= 0.6 is 0 Å². The SMILES string of the molecule is COC(=O)c1cccc(C(=O)N2CCC(=O)NC[C@@H]2C)c1. The second-order valence-corrected chi connectivity index (χ2v) is 4.97. The third kappa shape index (κ3) is 3.39. The molecular weight excluding hydrogens is 272 g/mol. The van der Waals surface area contributed by atoms with Gasteiger partial charge in [-0.2, -0.15) is 0 Å². The zero-order valence-corrected chi connectivity index (χ0v) is 12.1. The second-order valence-electron chi connectivity index (χ2n) is 4.97. The van der Waals surface area contributed by atoms with Crippen LogP contribution in [0.15, 0.2) is 24.3 Å². The molecule has 1 saturated heterocycles. The number of benzene rings is 1. The average Bonchev–Trinajstić information content (AvgIpc) is 2.67. The molecule has 0 spiro atoms. The molecule has 1 aromatic carbocycles. The lowest BCUT2D eigenvalue weighted by Crippen LogP contribution is -2.41. The van der Waals surface area contributed by atoms with E-state index in [2.05, 4.69) is 10.1 Å². The largest absolute Gasteiger partial charge is 0.465 e. The number of hydrogen-bond acceptors (Lipinski definition) is 4. The summed E-state index contributed by atoms with van der Waals surface area (Å²) < 4.78 is 4.65. The van der Waals surface area contributed by atoms with Crippen LogP contribution in [0.5, 0.6) is 0 Å². The van der Waals surface area contributed by atoms with Gasteiger partial charge in [0.15, 0.2) is 0 Å². The van der Waals surface area contributed by atoms with Crippen LogP contribution in [0.1, 0.15) is 34.1 Å². The molecule has 1 aromatic rings. The molecule has 2 rings (SSSR count). The summed E-state index contributed by atoms with van der Waals surface area (Å²) >= 11 is 0. The monoisotopic (exact) mass is 290 g/mol. The van der Waals surface area contributed by atoms with Crippen molar-refractivity contribution in [3.8, 4) is 0 Å². The van der Waals surface area contributed by atoms with Crippen molar-refractivity contribution in [3.05, 3.63) is 35.4 Å². The molecule has 1 aliphatic rings. The van der Waals surface area contributed by atoms with Crippen molar-refractivity contribution in [1.82, 2.24) is 10.2 Å². The predicted molar refractivity (Wildman–Crippen MR) is 75.9 cm³/mol. The predicted octanol–water partition coefficient (Wildman–Crippen LogP) is 0.824. The maximum Gasteiger partial charge on any atom is 0.337 e. The minimum atomic E-state index is -0.481. The normalized spacial score (nSPS) is 18.7. The fourth-order valence-corrected chi connectivity index (χ4v) is 2.27. The summed E-state index contributed by atoms with van der Waals surface area (Å²) in [5.74, 6) is -0.726. The molecule has 1 fully saturated rings. The molecule has 2 amide bonds. The van der Waals surface area contributed by atoms with Gasteiger partial charge in [-0.3, -0.25) is 9.59 Å². The van der Waals surface area contributed by atoms with Gasteiger partial charge < -0.3 is 15.0 Å². The van der Waals surface area contributed by atoms with Crippen LogP contribution in [0, 0.1) is 0 Å². The van der Waals surface area contributed by atoms with Gasteiger partial charge in [0.1, 0.15) is 0 Å². The molecule has 112 valence electrons. The van der Waals surface area contributed by atoms with Gasteiger partial charge in [-0.05, 0) is 25.1 Å². The van der Waals surface area contributed by atoms with E-state index in [-0.39, 0.29) is 24.3 Å². The van der Waals surface area contributed by atoms with E-state index in [4.69, 9.17) is 0 Å². The second kappa shape index (κ2) is 6.39. The third-order valence-corrected chi connectivity index (χ3v) is 3.50. The van der Waals surface area contributed by atoms with Crippen molar-refractivity contribution in [2.75, 3.05) is 20.2 Å². The van der Waals surface area contributed by atoms with Crippen LogP contribution < -0.4 is 5.32 Å². The average molecular weight is 290 g/mol. The summed E-state index contributed by atoms with van der Waals surface area (Å²) in [5, 5.41) is 2.76. The number of nitrogens with zero attached hydrogens (tertiary/aromatic N) is 1. The van der Waals surface area contributed by atoms with Gasteiger partial charge in [0.25, 0.3) is 5.91 Å². The molecule has 6 heteroatoms. The van der Waals surface area contributed by atoms with Gasteiger partial charge in [0.2, 0.25) is 5.91 Å². The van der Waals surface area contributed by atoms with Crippen molar-refractivity contribution >= 4 is 17.8 Å². The molecule has 6 nitrogen and oxygen atoms in total. The van der Waals surface area contributed by atoms with Gasteiger partial charge >= 0.3 is 5.97 Å². The zero-order chi connectivity index (χ0) is 15.4. The molecule has 21 heavy (non-hydrogen) atoms. The highest BCUT2D eigenvalue weighted by atomic mass is 16.5. The third-order valence-electron chi connectivity index (χ3n) is 3.50. The highest BCUT2D eigenvalue weighted by Gasteiger charge is 2.25. The number of methoxy groups -OCH3 is 1. The van der Waals surface area contributed by atoms with Crippen LogP contribution in [0.3, 0.4) is 0 Å². The number of nitrogens with one attached hydrogen (secondary N) is 1. The van der Waals surface area contributed by atoms with Gasteiger partial charge in [0.05, 0.1) is 12.7 Å². The molecule has 1 N–H and O–H groups in total. The zero-order valence-electron chi connectivity index (χ0n) is 12.1. The lowest BCUT2D eigenvalue weighted by Gasteiger charge is -2.26. The summed E-state index contributed by atoms with van der Waals surface area (Å²) in [6.07, 6.45) is 0.284. The van der Waals surface area contributed by atoms with E-state index in [9.17, 15) is 14.4 Å². The first-order valence-electron chi connectivity index (χ1n) is 6.79. The van der Waals surface area contributed by atoms with E-state index in [1.165, 1.54) is 13.2 Å². The number of esters is 1. The highest BCUT2D eigenvalue weighted by molar-refractivity contribution is 5.98. The Labute approximate surface area is 123 Å². The van der Waals surface area contributed by atoms with Gasteiger partial charge in [0, 0.05) is 31.1 Å². The van der Waals surface area contributed by atoms with E-state index in [1.807, 2.05) is 6.92 Å². The van der Waals surface area contributed by atoms with Crippen molar-refractivity contribution < 1.29 is 19.1 Å². The number of hydrogen-bond donors (Lipinski definition) is 1. The van der Waals surface area contributed by atoms with Gasteiger partial charge in [-0.1, -0.05) is 6.07 Å². The van der Waals surface area contributed by atoms with E-state index in [0.29, 0.717) is 24.2 Å². The first-order valence-corrected chi connectivity index (χ1v) is 6.79. The molecule has 1 atom stereocenters. The standard InChI is InChI=1S/C15H18N2O4/c1-10-9-16-13(18)6-7-17(10)14(19)11-4-3-5-12(8-11)15(20)21-2/h3-5,8,10H,6-7,9H2,1-2H3,(H,16,18)/t10-/m0/s1. The van der Waals surface area contributed by atoms with Crippen LogP contribution in [-0.4, -0.2) is 48.9 Å². The molecule has 0 unspecified atom stereocenters. The fraction of sp³-hybridized carbons (Fsp3) is 0.400. The molecule has 1 heterocycles. The topological polar surface area (TPSA) is 75.7 Å². The molecule has 0 aliphatic carbocycles. The lowest BCUT2D eigenvalue weighted by molar-refractivity contribution is -0.120. The quantitative estimate of drug-likeness (QED) is 0.818. The Hall–Kier alpha value is -2.37. The number of amides is 2. The van der Waals surface area contributed by atoms with E-state index in [1.54, 1.807) is 23.1 Å². The van der Waals surface area contributed by atoms with Gasteiger partial charge in [-0.25, -0.2) is 4.79 Å². The lowest BCUT2D eigenvalue weighted by atomic mass is 10.1. The minimum Gasteiger partial charge on any atom is -0.465 e. The van der Waals surface area contributed by atoms with Gasteiger partial charge in [-0.15, -0.1) is 0 Å². The van der Waals surface area contributed by atoms with E-state index in [0.717, 1.165) is 0 Å². The Morgan fingerprint density at radius 3 is 2.76 bits per heavy atom. The van der Waals surface area contributed by atoms with Crippen LogP contribution in [0.4, 0.5) is 0 Å². The Bertz CT molecular complexity index is 571. The number of carbonyl (C=O) groups excluding carboxylic acids is 3. The highest BCUT2D eigenvalue weighted by Crippen LogP contribution is 2.13. The van der Waals surface area contributed by atoms with Crippen molar-refractivity contribution in [2.24, 2.45) is 0 Å². The molecular formula is C15H18N2O4. The molecule has 0 bridgehead atoms. The molecule has 0 radical (unpaired) electrons. The fourth-order valence-electron chi connectivity index (χ4n) is 2.27. The van der Waals surface area contributed by atoms with Crippen molar-refractivity contribution in [3.63, 3.8) is 0 Å². The first kappa shape index (κ1) is 15.0. The summed E-state index contributed by atoms with van der Waals surface area (Å²) in [5.41, 5.74) is 0.749. The first-order chi connectivity index (χ1) is 10.0. The van der Waals surface area contributed by atoms with Crippen LogP contribution in [-0.2, 0) is 9.53 Å².